The lowest BCUT2D eigenvalue weighted by Crippen LogP contribution is -2.17. The zero-order valence-corrected chi connectivity index (χ0v) is 14.8. The standard InChI is InChI=1S/C10H20O7P2.2H3N/c1-9(2)5-15-7-18(11,12)17-19(13,14)8-16-6-10(3)4;;/h1,3,5-8H2,2,4H3,(H,11,12)(H,13,14);2*1H3. The monoisotopic (exact) mass is 348 g/mol. The van der Waals surface area contributed by atoms with E-state index in [1.807, 2.05) is 0 Å². The Kier molecular flexibility index (Phi) is 13.7. The van der Waals surface area contributed by atoms with E-state index in [4.69, 9.17) is 9.47 Å². The van der Waals surface area contributed by atoms with Crippen molar-refractivity contribution in [1.29, 1.82) is 0 Å². The van der Waals surface area contributed by atoms with Crippen LogP contribution in [0.1, 0.15) is 13.8 Å². The average Bonchev–Trinajstić information content (AvgIpc) is 2.12. The molecule has 0 amide bonds. The van der Waals surface area contributed by atoms with Crippen molar-refractivity contribution in [1.82, 2.24) is 12.3 Å². The topological polar surface area (TPSA) is 181 Å². The lowest BCUT2D eigenvalue weighted by molar-refractivity contribution is -0.219. The molecule has 0 heterocycles. The largest absolute Gasteiger partial charge is 0.777 e. The molecule has 21 heavy (non-hydrogen) atoms. The molecule has 0 aliphatic rings. The van der Waals surface area contributed by atoms with Gasteiger partial charge in [-0.3, -0.25) is 4.31 Å². The highest BCUT2D eigenvalue weighted by atomic mass is 31.3. The molecule has 128 valence electrons. The first-order valence-corrected chi connectivity index (χ1v) is 8.75. The molecule has 0 aromatic carbocycles. The van der Waals surface area contributed by atoms with Crippen LogP contribution in [0.4, 0.5) is 0 Å². The van der Waals surface area contributed by atoms with Gasteiger partial charge in [0.2, 0.25) is 0 Å². The molecule has 0 aromatic heterocycles. The Hall–Kier alpha value is -0.340. The van der Waals surface area contributed by atoms with E-state index in [1.54, 1.807) is 13.8 Å². The van der Waals surface area contributed by atoms with Crippen LogP contribution in [-0.4, -0.2) is 25.9 Å². The fraction of sp³-hybridized carbons (Fsp3) is 0.600. The first kappa shape index (κ1) is 25.6. The molecule has 0 spiro atoms. The third kappa shape index (κ3) is 15.9. The minimum Gasteiger partial charge on any atom is -0.777 e. The molecule has 2 atom stereocenters. The van der Waals surface area contributed by atoms with Crippen LogP contribution in [0.2, 0.25) is 0 Å². The van der Waals surface area contributed by atoms with E-state index in [2.05, 4.69) is 17.5 Å². The van der Waals surface area contributed by atoms with Gasteiger partial charge in [-0.25, -0.2) is 0 Å². The molecule has 0 aliphatic carbocycles. The molecule has 0 saturated carbocycles. The lowest BCUT2D eigenvalue weighted by Gasteiger charge is -2.31. The second-order valence-electron chi connectivity index (χ2n) is 4.17. The van der Waals surface area contributed by atoms with Gasteiger partial charge in [0.05, 0.1) is 13.2 Å². The minimum atomic E-state index is -4.63. The van der Waals surface area contributed by atoms with Crippen molar-refractivity contribution in [3.63, 3.8) is 0 Å². The smallest absolute Gasteiger partial charge is 0.166 e. The van der Waals surface area contributed by atoms with Crippen molar-refractivity contribution < 1.29 is 32.7 Å². The molecule has 0 radical (unpaired) electrons. The Morgan fingerprint density at radius 2 is 1.19 bits per heavy atom. The average molecular weight is 348 g/mol. The molecule has 2 unspecified atom stereocenters. The number of hydrogen-bond acceptors (Lipinski definition) is 7. The third-order valence-corrected chi connectivity index (χ3v) is 4.43. The molecule has 9 nitrogen and oxygen atoms in total. The van der Waals surface area contributed by atoms with Crippen molar-refractivity contribution in [2.24, 2.45) is 0 Å². The minimum absolute atomic E-state index is 0. The third-order valence-electron chi connectivity index (χ3n) is 1.44. The van der Waals surface area contributed by atoms with Crippen LogP contribution in [0, 0.1) is 0 Å². The van der Waals surface area contributed by atoms with Crippen LogP contribution in [0.3, 0.4) is 0 Å². The fourth-order valence-corrected chi connectivity index (χ4v) is 3.42. The summed E-state index contributed by atoms with van der Waals surface area (Å²) < 4.78 is 36.2. The van der Waals surface area contributed by atoms with Gasteiger partial charge in [0.15, 0.2) is 15.2 Å². The highest BCUT2D eigenvalue weighted by Gasteiger charge is 2.18. The molecular weight excluding hydrogens is 322 g/mol. The predicted octanol–water partition coefficient (Wildman–Crippen LogP) is 1.96. The molecular formula is C10H26N2O7P2. The fourth-order valence-electron chi connectivity index (χ4n) is 0.900. The molecule has 0 bridgehead atoms. The Morgan fingerprint density at radius 1 is 0.905 bits per heavy atom. The van der Waals surface area contributed by atoms with Gasteiger partial charge in [0.25, 0.3) is 0 Å². The molecule has 0 fully saturated rings. The van der Waals surface area contributed by atoms with E-state index < -0.39 is 27.9 Å². The second-order valence-corrected chi connectivity index (χ2v) is 7.79. The van der Waals surface area contributed by atoms with Crippen LogP contribution in [0.5, 0.6) is 0 Å². The first-order valence-electron chi connectivity index (χ1n) is 5.30. The van der Waals surface area contributed by atoms with Gasteiger partial charge in [-0.15, -0.1) is 0 Å². The molecule has 0 aliphatic heterocycles. The maximum atomic E-state index is 11.3. The Balaban J connectivity index is -0.00000162. The van der Waals surface area contributed by atoms with Crippen molar-refractivity contribution in [3.8, 4) is 0 Å². The maximum Gasteiger partial charge on any atom is 0.166 e. The van der Waals surface area contributed by atoms with Gasteiger partial charge in [-0.05, 0) is 13.8 Å². The van der Waals surface area contributed by atoms with E-state index in [0.29, 0.717) is 11.1 Å². The number of ether oxygens (including phenoxy) is 2. The summed E-state index contributed by atoms with van der Waals surface area (Å²) >= 11 is 0. The summed E-state index contributed by atoms with van der Waals surface area (Å²) in [5, 5.41) is 0. The van der Waals surface area contributed by atoms with Gasteiger partial charge in [0, 0.05) is 0 Å². The summed E-state index contributed by atoms with van der Waals surface area (Å²) in [5.74, 6) is 0. The van der Waals surface area contributed by atoms with Crippen LogP contribution in [0.25, 0.3) is 0 Å². The van der Waals surface area contributed by atoms with Crippen LogP contribution >= 0.6 is 15.2 Å². The van der Waals surface area contributed by atoms with Gasteiger partial charge in [0.1, 0.15) is 12.7 Å². The maximum absolute atomic E-state index is 11.3. The van der Waals surface area contributed by atoms with Crippen molar-refractivity contribution >= 4 is 15.2 Å². The first-order chi connectivity index (χ1) is 8.54. The summed E-state index contributed by atoms with van der Waals surface area (Å²) in [6, 6.07) is 0. The van der Waals surface area contributed by atoms with Crippen molar-refractivity contribution in [2.75, 3.05) is 25.9 Å². The van der Waals surface area contributed by atoms with E-state index in [1.165, 1.54) is 0 Å². The summed E-state index contributed by atoms with van der Waals surface area (Å²) in [5.41, 5.74) is 1.21. The number of rotatable bonds is 10. The summed E-state index contributed by atoms with van der Waals surface area (Å²) in [6.45, 7) is 10.3. The molecule has 0 aromatic rings. The summed E-state index contributed by atoms with van der Waals surface area (Å²) in [6.07, 6.45) is -1.68. The molecule has 8 N–H and O–H groups in total. The van der Waals surface area contributed by atoms with E-state index in [-0.39, 0.29) is 25.5 Å². The normalized spacial score (nSPS) is 15.8. The van der Waals surface area contributed by atoms with Gasteiger partial charge in [-0.2, -0.15) is 0 Å². The molecule has 11 heteroatoms. The number of hydrogen-bond donors (Lipinski definition) is 2. The van der Waals surface area contributed by atoms with Crippen molar-refractivity contribution in [3.05, 3.63) is 24.3 Å². The Bertz CT molecular complexity index is 390. The van der Waals surface area contributed by atoms with Crippen LogP contribution in [0.15, 0.2) is 24.3 Å². The Morgan fingerprint density at radius 3 is 1.43 bits per heavy atom. The number of quaternary nitrogens is 2. The lowest BCUT2D eigenvalue weighted by atomic mass is 10.4. The van der Waals surface area contributed by atoms with Gasteiger partial charge >= 0.3 is 0 Å². The van der Waals surface area contributed by atoms with Crippen LogP contribution in [-0.2, 0) is 22.9 Å². The second kappa shape index (κ2) is 11.3. The highest BCUT2D eigenvalue weighted by Crippen LogP contribution is 2.54. The molecule has 0 rings (SSSR count). The van der Waals surface area contributed by atoms with E-state index in [9.17, 15) is 18.9 Å². The van der Waals surface area contributed by atoms with E-state index in [0.717, 1.165) is 0 Å². The summed E-state index contributed by atoms with van der Waals surface area (Å²) in [4.78, 5) is 22.7. The zero-order chi connectivity index (χ0) is 15.1. The quantitative estimate of drug-likeness (QED) is 0.446. The van der Waals surface area contributed by atoms with Crippen LogP contribution < -0.4 is 22.1 Å². The predicted molar refractivity (Wildman–Crippen MR) is 79.5 cm³/mol. The van der Waals surface area contributed by atoms with E-state index >= 15 is 0 Å². The summed E-state index contributed by atoms with van der Waals surface area (Å²) in [7, 11) is -9.25. The molecule has 0 saturated heterocycles. The van der Waals surface area contributed by atoms with Gasteiger partial charge in [-0.1, -0.05) is 24.3 Å². The Labute approximate surface area is 125 Å². The van der Waals surface area contributed by atoms with Gasteiger partial charge < -0.3 is 40.7 Å². The highest BCUT2D eigenvalue weighted by molar-refractivity contribution is 7.64. The zero-order valence-electron chi connectivity index (χ0n) is 13.0. The SMILES string of the molecule is C=C(C)COCP(=O)([O-])OP(=O)([O-])COCC(=C)C.[NH4+].[NH4+]. The van der Waals surface area contributed by atoms with Crippen molar-refractivity contribution in [2.45, 2.75) is 13.8 Å².